The van der Waals surface area contributed by atoms with Crippen LogP contribution in [-0.2, 0) is 9.53 Å². The molecule has 96 valence electrons. The molecule has 1 aromatic rings. The van der Waals surface area contributed by atoms with Crippen molar-refractivity contribution in [2.24, 2.45) is 4.99 Å². The van der Waals surface area contributed by atoms with Crippen molar-refractivity contribution >= 4 is 23.3 Å². The number of ether oxygens (including phenoxy) is 1. The third-order valence-electron chi connectivity index (χ3n) is 2.20. The van der Waals surface area contributed by atoms with Gasteiger partial charge in [0.25, 0.3) is 0 Å². The van der Waals surface area contributed by atoms with Crippen molar-refractivity contribution in [2.75, 3.05) is 6.61 Å². The predicted octanol–water partition coefficient (Wildman–Crippen LogP) is 3.06. The highest BCUT2D eigenvalue weighted by atomic mass is 32.1. The van der Waals surface area contributed by atoms with Gasteiger partial charge in [0.05, 0.1) is 24.2 Å². The molecule has 0 radical (unpaired) electrons. The maximum Gasteiger partial charge on any atom is 0.308 e. The first kappa shape index (κ1) is 14.4. The molecule has 0 amide bonds. The maximum atomic E-state index is 13.5. The first-order chi connectivity index (χ1) is 8.58. The molecule has 0 unspecified atom stereocenters. The van der Waals surface area contributed by atoms with E-state index in [2.05, 4.69) is 22.4 Å². The standard InChI is InChI=1S/C12H11F2NO2S/c1-2-17-12(16)6-11(15-7-18)9-4-3-8(13)5-10(9)14/h3-5,11H,2,6H2,1H3/t11-/m1/s1. The quantitative estimate of drug-likeness (QED) is 0.469. The SMILES string of the molecule is CCOC(=O)C[C@@H](N=C=S)c1ccc(F)cc1F. The summed E-state index contributed by atoms with van der Waals surface area (Å²) in [7, 11) is 0. The minimum atomic E-state index is -0.845. The van der Waals surface area contributed by atoms with E-state index in [4.69, 9.17) is 4.74 Å². The minimum Gasteiger partial charge on any atom is -0.466 e. The second-order valence-electron chi connectivity index (χ2n) is 3.41. The van der Waals surface area contributed by atoms with Crippen molar-refractivity contribution in [3.05, 3.63) is 35.4 Å². The van der Waals surface area contributed by atoms with E-state index in [1.165, 1.54) is 6.07 Å². The molecule has 0 aromatic heterocycles. The van der Waals surface area contributed by atoms with E-state index in [0.29, 0.717) is 0 Å². The fourth-order valence-electron chi connectivity index (χ4n) is 1.44. The van der Waals surface area contributed by atoms with Crippen LogP contribution in [0.1, 0.15) is 24.9 Å². The van der Waals surface area contributed by atoms with Crippen LogP contribution in [0.5, 0.6) is 0 Å². The van der Waals surface area contributed by atoms with Crippen molar-refractivity contribution < 1.29 is 18.3 Å². The lowest BCUT2D eigenvalue weighted by Crippen LogP contribution is -2.10. The van der Waals surface area contributed by atoms with E-state index in [9.17, 15) is 13.6 Å². The highest BCUT2D eigenvalue weighted by Gasteiger charge is 2.19. The van der Waals surface area contributed by atoms with Crippen LogP contribution in [0, 0.1) is 11.6 Å². The normalized spacial score (nSPS) is 11.5. The van der Waals surface area contributed by atoms with Gasteiger partial charge in [-0.2, -0.15) is 0 Å². The lowest BCUT2D eigenvalue weighted by atomic mass is 10.0. The second-order valence-corrected chi connectivity index (χ2v) is 3.59. The number of aliphatic imine (C=N–C) groups is 1. The Kier molecular flexibility index (Phi) is 5.55. The number of thiocarbonyl (C=S) groups is 1. The van der Waals surface area contributed by atoms with Gasteiger partial charge in [0, 0.05) is 11.6 Å². The summed E-state index contributed by atoms with van der Waals surface area (Å²) in [5.74, 6) is -2.00. The van der Waals surface area contributed by atoms with E-state index < -0.39 is 23.6 Å². The Balaban J connectivity index is 2.97. The van der Waals surface area contributed by atoms with Crippen molar-refractivity contribution in [3.8, 4) is 0 Å². The second kappa shape index (κ2) is 6.93. The molecule has 0 N–H and O–H groups in total. The van der Waals surface area contributed by atoms with Crippen molar-refractivity contribution in [3.63, 3.8) is 0 Å². The van der Waals surface area contributed by atoms with Crippen LogP contribution in [0.2, 0.25) is 0 Å². The molecule has 0 bridgehead atoms. The Hall–Kier alpha value is -1.65. The third kappa shape index (κ3) is 3.98. The number of benzene rings is 1. The number of hydrogen-bond acceptors (Lipinski definition) is 4. The summed E-state index contributed by atoms with van der Waals surface area (Å²) >= 11 is 4.45. The smallest absolute Gasteiger partial charge is 0.308 e. The topological polar surface area (TPSA) is 38.7 Å². The van der Waals surface area contributed by atoms with E-state index in [0.717, 1.165) is 12.1 Å². The number of isothiocyanates is 1. The predicted molar refractivity (Wildman–Crippen MR) is 65.4 cm³/mol. The zero-order chi connectivity index (χ0) is 13.5. The van der Waals surface area contributed by atoms with Crippen molar-refractivity contribution in [1.82, 2.24) is 0 Å². The molecule has 0 aliphatic rings. The summed E-state index contributed by atoms with van der Waals surface area (Å²) in [6.45, 7) is 1.88. The molecule has 0 heterocycles. The van der Waals surface area contributed by atoms with Crippen LogP contribution in [0.3, 0.4) is 0 Å². The van der Waals surface area contributed by atoms with Gasteiger partial charge in [-0.15, -0.1) is 0 Å². The lowest BCUT2D eigenvalue weighted by molar-refractivity contribution is -0.143. The van der Waals surface area contributed by atoms with Gasteiger partial charge < -0.3 is 4.74 Å². The largest absolute Gasteiger partial charge is 0.466 e. The average Bonchev–Trinajstić information content (AvgIpc) is 2.29. The highest BCUT2D eigenvalue weighted by Crippen LogP contribution is 2.24. The first-order valence-electron chi connectivity index (χ1n) is 5.26. The minimum absolute atomic E-state index is 0.0850. The Morgan fingerprint density at radius 3 is 2.83 bits per heavy atom. The molecular weight excluding hydrogens is 260 g/mol. The Morgan fingerprint density at radius 2 is 2.28 bits per heavy atom. The monoisotopic (exact) mass is 271 g/mol. The molecule has 0 aliphatic carbocycles. The average molecular weight is 271 g/mol. The van der Waals surface area contributed by atoms with E-state index in [1.807, 2.05) is 0 Å². The Morgan fingerprint density at radius 1 is 1.56 bits per heavy atom. The summed E-state index contributed by atoms with van der Waals surface area (Å²) in [5.41, 5.74) is 0.0850. The number of nitrogens with zero attached hydrogens (tertiary/aromatic N) is 1. The molecule has 0 saturated carbocycles. The van der Waals surface area contributed by atoms with Gasteiger partial charge in [-0.3, -0.25) is 4.79 Å². The summed E-state index contributed by atoms with van der Waals surface area (Å²) < 4.78 is 31.1. The van der Waals surface area contributed by atoms with Crippen LogP contribution in [0.25, 0.3) is 0 Å². The molecule has 6 heteroatoms. The third-order valence-corrected chi connectivity index (χ3v) is 2.30. The van der Waals surface area contributed by atoms with Gasteiger partial charge in [-0.05, 0) is 25.2 Å². The molecule has 0 fully saturated rings. The van der Waals surface area contributed by atoms with Crippen LogP contribution < -0.4 is 0 Å². The van der Waals surface area contributed by atoms with E-state index >= 15 is 0 Å². The first-order valence-corrected chi connectivity index (χ1v) is 5.66. The zero-order valence-corrected chi connectivity index (χ0v) is 10.5. The van der Waals surface area contributed by atoms with Crippen LogP contribution in [0.4, 0.5) is 8.78 Å². The number of rotatable bonds is 5. The highest BCUT2D eigenvalue weighted by molar-refractivity contribution is 7.78. The molecule has 0 saturated heterocycles. The van der Waals surface area contributed by atoms with Crippen molar-refractivity contribution in [1.29, 1.82) is 0 Å². The molecule has 0 spiro atoms. The van der Waals surface area contributed by atoms with Gasteiger partial charge in [0.1, 0.15) is 11.6 Å². The van der Waals surface area contributed by atoms with Crippen LogP contribution in [-0.4, -0.2) is 17.7 Å². The number of esters is 1. The Bertz CT molecular complexity index is 487. The van der Waals surface area contributed by atoms with Gasteiger partial charge in [0.15, 0.2) is 0 Å². The summed E-state index contributed by atoms with van der Waals surface area (Å²) in [4.78, 5) is 15.0. The van der Waals surface area contributed by atoms with Crippen molar-refractivity contribution in [2.45, 2.75) is 19.4 Å². The molecule has 18 heavy (non-hydrogen) atoms. The van der Waals surface area contributed by atoms with Gasteiger partial charge in [-0.1, -0.05) is 6.07 Å². The summed E-state index contributed by atoms with van der Waals surface area (Å²) in [6, 6.07) is 2.20. The van der Waals surface area contributed by atoms with Gasteiger partial charge in [0.2, 0.25) is 0 Å². The number of hydrogen-bond donors (Lipinski definition) is 0. The fourth-order valence-corrected chi connectivity index (χ4v) is 1.57. The fraction of sp³-hybridized carbons (Fsp3) is 0.333. The zero-order valence-electron chi connectivity index (χ0n) is 9.65. The molecule has 0 aliphatic heterocycles. The Labute approximate surface area is 108 Å². The van der Waals surface area contributed by atoms with Crippen LogP contribution >= 0.6 is 12.2 Å². The van der Waals surface area contributed by atoms with Gasteiger partial charge in [-0.25, -0.2) is 13.8 Å². The van der Waals surface area contributed by atoms with E-state index in [-0.39, 0.29) is 18.6 Å². The molecule has 3 nitrogen and oxygen atoms in total. The molecule has 1 aromatic carbocycles. The van der Waals surface area contributed by atoms with Gasteiger partial charge >= 0.3 is 5.97 Å². The molecule has 1 rings (SSSR count). The molecule has 1 atom stereocenters. The number of carbonyl (C=O) groups is 1. The summed E-state index contributed by atoms with van der Waals surface area (Å²) in [6.07, 6.45) is -0.167. The number of halogens is 2. The van der Waals surface area contributed by atoms with E-state index in [1.54, 1.807) is 6.92 Å². The lowest BCUT2D eigenvalue weighted by Gasteiger charge is -2.11. The van der Waals surface area contributed by atoms with Crippen LogP contribution in [0.15, 0.2) is 23.2 Å². The molecular formula is C12H11F2NO2S. The maximum absolute atomic E-state index is 13.5. The number of carbonyl (C=O) groups excluding carboxylic acids is 1. The summed E-state index contributed by atoms with van der Waals surface area (Å²) in [5, 5.41) is 2.10.